The van der Waals surface area contributed by atoms with Crippen molar-refractivity contribution in [3.63, 3.8) is 0 Å². The van der Waals surface area contributed by atoms with Crippen molar-refractivity contribution in [2.75, 3.05) is 0 Å². The zero-order valence-corrected chi connectivity index (χ0v) is 8.32. The van der Waals surface area contributed by atoms with E-state index in [-0.39, 0.29) is 5.56 Å². The lowest BCUT2D eigenvalue weighted by molar-refractivity contribution is -0.344. The number of carbonyl (C=O) groups excluding carboxylic acids is 1. The minimum Gasteiger partial charge on any atom is -0.542 e. The first kappa shape index (κ1) is 14.9. The first-order chi connectivity index (χ1) is 7.66. The van der Waals surface area contributed by atoms with Crippen molar-refractivity contribution >= 4 is 17.6 Å². The predicted octanol–water partition coefficient (Wildman–Crippen LogP) is -0.443. The second-order valence-corrected chi connectivity index (χ2v) is 2.75. The number of carbonyl (C=O) groups is 2. The van der Waals surface area contributed by atoms with Crippen LogP contribution in [0.3, 0.4) is 0 Å². The van der Waals surface area contributed by atoms with Crippen LogP contribution >= 0.6 is 0 Å². The lowest BCUT2D eigenvalue weighted by atomic mass is 10.3. The first-order valence-corrected chi connectivity index (χ1v) is 4.08. The molecule has 5 nitrogen and oxygen atoms in total. The topological polar surface area (TPSA) is 105 Å². The molecule has 0 aromatic heterocycles. The summed E-state index contributed by atoms with van der Waals surface area (Å²) in [5.41, 5.74) is 4.38. The summed E-state index contributed by atoms with van der Waals surface area (Å²) in [5.74, 6) is -3.93. The SMILES string of the molecule is O=C([O-])C(F)(F)F.[NH3+]c1ccccc1[14C](=O)O. The smallest absolute Gasteiger partial charge is 0.430 e. The molecule has 0 heterocycles. The fraction of sp³-hybridized carbons (Fsp3) is 0.111. The molecule has 0 saturated heterocycles. The van der Waals surface area contributed by atoms with Crippen LogP contribution in [0.1, 0.15) is 10.4 Å². The molecule has 17 heavy (non-hydrogen) atoms. The number of aliphatic carboxylic acids is 1. The fourth-order valence-electron chi connectivity index (χ4n) is 0.729. The Hall–Kier alpha value is -2.09. The molecule has 0 amide bonds. The number of quaternary nitrogens is 1. The van der Waals surface area contributed by atoms with Crippen molar-refractivity contribution in [1.29, 1.82) is 0 Å². The highest BCUT2D eigenvalue weighted by atomic mass is 19.4. The molecule has 0 saturated carbocycles. The largest absolute Gasteiger partial charge is 0.542 e. The van der Waals surface area contributed by atoms with E-state index in [9.17, 15) is 18.0 Å². The van der Waals surface area contributed by atoms with Gasteiger partial charge in [0.15, 0.2) is 0 Å². The van der Waals surface area contributed by atoms with Gasteiger partial charge in [-0.25, -0.2) is 4.79 Å². The fourth-order valence-corrected chi connectivity index (χ4v) is 0.729. The van der Waals surface area contributed by atoms with Gasteiger partial charge in [0.2, 0.25) is 0 Å². The summed E-state index contributed by atoms with van der Waals surface area (Å²) in [6.07, 6.45) is -5.19. The molecule has 0 radical (unpaired) electrons. The van der Waals surface area contributed by atoms with Crippen molar-refractivity contribution in [3.8, 4) is 0 Å². The van der Waals surface area contributed by atoms with E-state index >= 15 is 0 Å². The normalized spacial score (nSPS) is 10.1. The number of hydrogen-bond acceptors (Lipinski definition) is 3. The molecule has 0 aliphatic carbocycles. The Labute approximate surface area is 93.3 Å². The molecule has 0 fully saturated rings. The number of alkyl halides is 3. The molecular weight excluding hydrogens is 245 g/mol. The van der Waals surface area contributed by atoms with Crippen molar-refractivity contribution < 1.29 is 38.7 Å². The average Bonchev–Trinajstić information content (AvgIpc) is 2.17. The Morgan fingerprint density at radius 2 is 1.76 bits per heavy atom. The second-order valence-electron chi connectivity index (χ2n) is 2.75. The van der Waals surface area contributed by atoms with Crippen molar-refractivity contribution in [2.24, 2.45) is 0 Å². The van der Waals surface area contributed by atoms with Crippen LogP contribution in [-0.4, -0.2) is 23.2 Å². The van der Waals surface area contributed by atoms with Crippen LogP contribution < -0.4 is 10.8 Å². The Bertz CT molecular complexity index is 417. The summed E-state index contributed by atoms with van der Waals surface area (Å²) >= 11 is 0. The van der Waals surface area contributed by atoms with Crippen molar-refractivity contribution in [2.45, 2.75) is 6.18 Å². The number of carboxylic acids is 2. The van der Waals surface area contributed by atoms with Crippen LogP contribution in [0.4, 0.5) is 18.9 Å². The van der Waals surface area contributed by atoms with Crippen LogP contribution in [0.5, 0.6) is 0 Å². The number of carboxylic acid groups (broad SMARTS) is 2. The van der Waals surface area contributed by atoms with Gasteiger partial charge in [0.05, 0.1) is 0 Å². The molecule has 0 atom stereocenters. The molecule has 0 aliphatic heterocycles. The molecule has 0 spiro atoms. The Balaban J connectivity index is 0.000000325. The maximum atomic E-state index is 10.5. The van der Waals surface area contributed by atoms with Crippen molar-refractivity contribution in [3.05, 3.63) is 29.8 Å². The van der Waals surface area contributed by atoms with Gasteiger partial charge in [-0.1, -0.05) is 12.1 Å². The lowest BCUT2D eigenvalue weighted by Crippen LogP contribution is -2.41. The summed E-state index contributed by atoms with van der Waals surface area (Å²) in [6.45, 7) is 0. The second kappa shape index (κ2) is 5.85. The average molecular weight is 253 g/mol. The van der Waals surface area contributed by atoms with Gasteiger partial charge in [-0.05, 0) is 12.1 Å². The lowest BCUT2D eigenvalue weighted by Gasteiger charge is -2.03. The van der Waals surface area contributed by atoms with Crippen LogP contribution in [0.15, 0.2) is 24.3 Å². The number of rotatable bonds is 1. The molecular formula is C9H8F3NO4. The summed E-state index contributed by atoms with van der Waals surface area (Å²) in [7, 11) is 0. The van der Waals surface area contributed by atoms with Gasteiger partial charge < -0.3 is 20.7 Å². The quantitative estimate of drug-likeness (QED) is 0.707. The van der Waals surface area contributed by atoms with Gasteiger partial charge >= 0.3 is 12.1 Å². The first-order valence-electron chi connectivity index (χ1n) is 4.08. The van der Waals surface area contributed by atoms with Gasteiger partial charge in [0, 0.05) is 0 Å². The highest BCUT2D eigenvalue weighted by Crippen LogP contribution is 2.11. The number of benzene rings is 1. The predicted molar refractivity (Wildman–Crippen MR) is 47.0 cm³/mol. The zero-order valence-electron chi connectivity index (χ0n) is 8.32. The summed E-state index contributed by atoms with van der Waals surface area (Å²) < 4.78 is 31.5. The minimum absolute atomic E-state index is 0.266. The molecule has 1 aromatic carbocycles. The van der Waals surface area contributed by atoms with E-state index in [1.165, 1.54) is 6.07 Å². The third-order valence-corrected chi connectivity index (χ3v) is 1.48. The van der Waals surface area contributed by atoms with Gasteiger partial charge in [-0.15, -0.1) is 0 Å². The number of aromatic carboxylic acids is 1. The van der Waals surface area contributed by atoms with E-state index < -0.39 is 18.1 Å². The zero-order chi connectivity index (χ0) is 13.6. The molecule has 94 valence electrons. The molecule has 0 unspecified atom stereocenters. The highest BCUT2D eigenvalue weighted by molar-refractivity contribution is 5.91. The van der Waals surface area contributed by atoms with E-state index in [0.717, 1.165) is 0 Å². The standard InChI is InChI=1S/C7H7NO2.C2HF3O2/c8-6-4-2-1-3-5(6)7(9)10;3-2(4,5)1(6)7/h1-4H,8H2,(H,9,10);(H,6,7)/i7+2;. The van der Waals surface area contributed by atoms with E-state index in [1.54, 1.807) is 18.2 Å². The maximum absolute atomic E-state index is 10.5. The Morgan fingerprint density at radius 1 is 1.35 bits per heavy atom. The third kappa shape index (κ3) is 5.52. The molecule has 1 aromatic rings. The highest BCUT2D eigenvalue weighted by Gasteiger charge is 2.28. The summed E-state index contributed by atoms with van der Waals surface area (Å²) in [5, 5.41) is 17.3. The van der Waals surface area contributed by atoms with E-state index in [1.807, 2.05) is 0 Å². The van der Waals surface area contributed by atoms with Gasteiger partial charge in [-0.3, -0.25) is 0 Å². The van der Waals surface area contributed by atoms with Crippen LogP contribution in [-0.2, 0) is 4.79 Å². The monoisotopic (exact) mass is 253 g/mol. The number of halogens is 3. The molecule has 4 N–H and O–H groups in total. The molecule has 8 heteroatoms. The van der Waals surface area contributed by atoms with Crippen molar-refractivity contribution in [1.82, 2.24) is 0 Å². The third-order valence-electron chi connectivity index (χ3n) is 1.48. The molecule has 1 rings (SSSR count). The minimum atomic E-state index is -5.19. The Morgan fingerprint density at radius 3 is 2.00 bits per heavy atom. The summed E-state index contributed by atoms with van der Waals surface area (Å²) in [4.78, 5) is 19.2. The van der Waals surface area contributed by atoms with Gasteiger partial charge in [-0.2, -0.15) is 13.2 Å². The van der Waals surface area contributed by atoms with Crippen LogP contribution in [0.25, 0.3) is 0 Å². The van der Waals surface area contributed by atoms with E-state index in [4.69, 9.17) is 15.0 Å². The maximum Gasteiger partial charge on any atom is 0.430 e. The van der Waals surface area contributed by atoms with E-state index in [2.05, 4.69) is 5.73 Å². The van der Waals surface area contributed by atoms with Crippen LogP contribution in [0, 0.1) is 0 Å². The Kier molecular flexibility index (Phi) is 5.13. The van der Waals surface area contributed by atoms with Crippen LogP contribution in [0.2, 0.25) is 0 Å². The molecule has 0 aliphatic rings. The molecule has 0 bridgehead atoms. The summed E-state index contributed by atoms with van der Waals surface area (Å²) in [6, 6.07) is 6.64. The number of hydrogen-bond donors (Lipinski definition) is 2. The van der Waals surface area contributed by atoms with Gasteiger partial charge in [0.1, 0.15) is 17.2 Å². The van der Waals surface area contributed by atoms with E-state index in [0.29, 0.717) is 5.69 Å². The van der Waals surface area contributed by atoms with Gasteiger partial charge in [0.25, 0.3) is 0 Å².